The minimum absolute atomic E-state index is 0.0197. The van der Waals surface area contributed by atoms with Crippen molar-refractivity contribution in [2.24, 2.45) is 5.41 Å². The first-order chi connectivity index (χ1) is 22.8. The summed E-state index contributed by atoms with van der Waals surface area (Å²) < 4.78 is 18.7. The molecule has 1 atom stereocenters. The lowest BCUT2D eigenvalue weighted by Crippen LogP contribution is -2.53. The second-order valence-corrected chi connectivity index (χ2v) is 13.5. The molecule has 1 aliphatic carbocycles. The molecule has 0 radical (unpaired) electrons. The zero-order chi connectivity index (χ0) is 33.0. The number of hydrogen-bond acceptors (Lipinski definition) is 8. The van der Waals surface area contributed by atoms with Gasteiger partial charge in [0.15, 0.2) is 11.5 Å². The number of amides is 1. The maximum absolute atomic E-state index is 13.2. The Kier molecular flexibility index (Phi) is 10.1. The molecular formula is C37H38IN3O6. The summed E-state index contributed by atoms with van der Waals surface area (Å²) in [6.45, 7) is 3.97. The zero-order valence-electron chi connectivity index (χ0n) is 26.6. The lowest BCUT2D eigenvalue weighted by Gasteiger charge is -2.33. The molecule has 1 N–H and O–H groups in total. The number of aryl methyl sites for hydroxylation is 2. The third kappa shape index (κ3) is 7.59. The Balaban J connectivity index is 1.07. The fourth-order valence-corrected chi connectivity index (χ4v) is 6.42. The van der Waals surface area contributed by atoms with Gasteiger partial charge in [0, 0.05) is 59.7 Å². The number of rotatable bonds is 12. The predicted molar refractivity (Wildman–Crippen MR) is 187 cm³/mol. The van der Waals surface area contributed by atoms with Crippen molar-refractivity contribution in [3.05, 3.63) is 87.6 Å². The molecule has 10 heteroatoms. The molecule has 0 bridgehead atoms. The average Bonchev–Trinajstić information content (AvgIpc) is 3.90. The Labute approximate surface area is 288 Å². The van der Waals surface area contributed by atoms with Gasteiger partial charge in [-0.2, -0.15) is 0 Å². The summed E-state index contributed by atoms with van der Waals surface area (Å²) >= 11 is 2.26. The van der Waals surface area contributed by atoms with Crippen LogP contribution in [-0.4, -0.2) is 60.3 Å². The van der Waals surface area contributed by atoms with Gasteiger partial charge in [0.2, 0.25) is 0 Å². The Morgan fingerprint density at radius 1 is 0.915 bits per heavy atom. The van der Waals surface area contributed by atoms with Crippen LogP contribution in [0.15, 0.2) is 72.9 Å². The van der Waals surface area contributed by atoms with E-state index in [1.54, 1.807) is 29.3 Å². The fourth-order valence-electron chi connectivity index (χ4n) is 6.06. The monoisotopic (exact) mass is 747 g/mol. The lowest BCUT2D eigenvalue weighted by molar-refractivity contribution is -0.134. The van der Waals surface area contributed by atoms with E-state index in [2.05, 4.69) is 32.9 Å². The number of aromatic nitrogens is 1. The van der Waals surface area contributed by atoms with E-state index in [-0.39, 0.29) is 17.6 Å². The molecule has 1 saturated heterocycles. The van der Waals surface area contributed by atoms with Crippen LogP contribution in [0.5, 0.6) is 23.0 Å². The van der Waals surface area contributed by atoms with E-state index >= 15 is 0 Å². The van der Waals surface area contributed by atoms with Gasteiger partial charge in [0.05, 0.1) is 18.0 Å². The summed E-state index contributed by atoms with van der Waals surface area (Å²) in [6.07, 6.45) is 4.50. The SMILES string of the molecule is COc1cc2c(Oc3ccc(CCC(=O)C4(C(=O)CCc5ccc(I)cc5)CC4)cc3)ccnc2cc1OC(=O)N1CCNC[C@H]1C. The average molecular weight is 748 g/mol. The first-order valence-corrected chi connectivity index (χ1v) is 17.1. The van der Waals surface area contributed by atoms with E-state index in [1.807, 2.05) is 55.5 Å². The van der Waals surface area contributed by atoms with Crippen molar-refractivity contribution < 1.29 is 28.6 Å². The van der Waals surface area contributed by atoms with Gasteiger partial charge in [-0.1, -0.05) is 24.3 Å². The van der Waals surface area contributed by atoms with E-state index in [4.69, 9.17) is 14.2 Å². The van der Waals surface area contributed by atoms with Gasteiger partial charge < -0.3 is 24.4 Å². The van der Waals surface area contributed by atoms with Gasteiger partial charge in [0.25, 0.3) is 0 Å². The second-order valence-electron chi connectivity index (χ2n) is 12.2. The molecular weight excluding hydrogens is 709 g/mol. The zero-order valence-corrected chi connectivity index (χ0v) is 28.7. The smallest absolute Gasteiger partial charge is 0.415 e. The van der Waals surface area contributed by atoms with E-state index in [0.717, 1.165) is 14.7 Å². The number of halogens is 1. The number of carbonyl (C=O) groups excluding carboxylic acids is 3. The van der Waals surface area contributed by atoms with Crippen LogP contribution in [0.1, 0.15) is 43.7 Å². The molecule has 2 heterocycles. The van der Waals surface area contributed by atoms with E-state index in [0.29, 0.717) is 92.1 Å². The summed E-state index contributed by atoms with van der Waals surface area (Å²) in [5.74, 6) is 2.01. The summed E-state index contributed by atoms with van der Waals surface area (Å²) in [6, 6.07) is 21.0. The highest BCUT2D eigenvalue weighted by Crippen LogP contribution is 2.49. The molecule has 1 aromatic heterocycles. The molecule has 0 spiro atoms. The Hall–Kier alpha value is -4.03. The van der Waals surface area contributed by atoms with Crippen LogP contribution in [0.3, 0.4) is 0 Å². The van der Waals surface area contributed by atoms with Crippen molar-refractivity contribution in [3.8, 4) is 23.0 Å². The molecule has 0 unspecified atom stereocenters. The lowest BCUT2D eigenvalue weighted by atomic mass is 9.88. The second kappa shape index (κ2) is 14.4. The third-order valence-electron chi connectivity index (χ3n) is 9.08. The molecule has 2 fully saturated rings. The van der Waals surface area contributed by atoms with Crippen LogP contribution >= 0.6 is 22.6 Å². The summed E-state index contributed by atoms with van der Waals surface area (Å²) in [7, 11) is 1.53. The molecule has 4 aromatic rings. The fraction of sp³-hybridized carbons (Fsp3) is 0.351. The van der Waals surface area contributed by atoms with Gasteiger partial charge in [-0.25, -0.2) is 4.79 Å². The summed E-state index contributed by atoms with van der Waals surface area (Å²) in [5.41, 5.74) is 1.93. The Morgan fingerprint density at radius 3 is 2.19 bits per heavy atom. The van der Waals surface area contributed by atoms with Crippen LogP contribution in [0.25, 0.3) is 10.9 Å². The molecule has 47 heavy (non-hydrogen) atoms. The summed E-state index contributed by atoms with van der Waals surface area (Å²) in [5, 5.41) is 3.97. The van der Waals surface area contributed by atoms with Crippen molar-refractivity contribution in [1.29, 1.82) is 0 Å². The topological polar surface area (TPSA) is 107 Å². The van der Waals surface area contributed by atoms with Crippen molar-refractivity contribution in [2.45, 2.75) is 51.5 Å². The van der Waals surface area contributed by atoms with Crippen LogP contribution < -0.4 is 19.5 Å². The third-order valence-corrected chi connectivity index (χ3v) is 9.80. The van der Waals surface area contributed by atoms with Crippen molar-refractivity contribution in [2.75, 3.05) is 26.7 Å². The molecule has 2 aliphatic rings. The number of ketones is 2. The minimum atomic E-state index is -0.780. The number of methoxy groups -OCH3 is 1. The standard InChI is InChI=1S/C37H38IN3O6/c1-24-23-39-19-20-41(24)36(44)47-33-22-30-29(21-32(33)45-2)31(15-18-40-30)46-28-11-5-26(6-12-28)8-14-35(43)37(16-17-37)34(42)13-7-25-3-9-27(38)10-4-25/h3-6,9-12,15,18,21-22,24,39H,7-8,13-14,16-17,19-20,23H2,1-2H3/t24-/m1/s1. The number of carbonyl (C=O) groups is 3. The van der Waals surface area contributed by atoms with Gasteiger partial charge in [0.1, 0.15) is 23.1 Å². The minimum Gasteiger partial charge on any atom is -0.493 e. The summed E-state index contributed by atoms with van der Waals surface area (Å²) in [4.78, 5) is 45.3. The molecule has 1 saturated carbocycles. The molecule has 3 aromatic carbocycles. The van der Waals surface area contributed by atoms with Crippen molar-refractivity contribution >= 4 is 51.2 Å². The molecule has 9 nitrogen and oxygen atoms in total. The van der Waals surface area contributed by atoms with Crippen LogP contribution in [0.4, 0.5) is 4.79 Å². The first-order valence-electron chi connectivity index (χ1n) is 16.0. The van der Waals surface area contributed by atoms with E-state index in [9.17, 15) is 14.4 Å². The highest BCUT2D eigenvalue weighted by molar-refractivity contribution is 14.1. The number of ether oxygens (including phenoxy) is 3. The number of pyridine rings is 1. The van der Waals surface area contributed by atoms with Crippen LogP contribution in [-0.2, 0) is 22.4 Å². The molecule has 244 valence electrons. The Bertz CT molecular complexity index is 1770. The van der Waals surface area contributed by atoms with Crippen LogP contribution in [0, 0.1) is 8.99 Å². The first kappa shape index (κ1) is 32.9. The highest BCUT2D eigenvalue weighted by Gasteiger charge is 2.54. The number of Topliss-reactive ketones (excluding diaryl/α,β-unsaturated/α-hetero) is 2. The van der Waals surface area contributed by atoms with Gasteiger partial charge in [-0.05, 0) is 103 Å². The largest absolute Gasteiger partial charge is 0.493 e. The number of piperazine rings is 1. The van der Waals surface area contributed by atoms with Gasteiger partial charge >= 0.3 is 6.09 Å². The molecule has 1 amide bonds. The van der Waals surface area contributed by atoms with Gasteiger partial charge in [-0.3, -0.25) is 14.6 Å². The maximum Gasteiger partial charge on any atom is 0.415 e. The number of fused-ring (bicyclic) bond motifs is 1. The Morgan fingerprint density at radius 2 is 1.57 bits per heavy atom. The van der Waals surface area contributed by atoms with Gasteiger partial charge in [-0.15, -0.1) is 0 Å². The predicted octanol–water partition coefficient (Wildman–Crippen LogP) is 6.92. The maximum atomic E-state index is 13.2. The van der Waals surface area contributed by atoms with Crippen molar-refractivity contribution in [3.63, 3.8) is 0 Å². The normalized spacial score (nSPS) is 16.8. The van der Waals surface area contributed by atoms with Crippen LogP contribution in [0.2, 0.25) is 0 Å². The highest BCUT2D eigenvalue weighted by atomic mass is 127. The number of benzene rings is 3. The van der Waals surface area contributed by atoms with E-state index < -0.39 is 11.5 Å². The van der Waals surface area contributed by atoms with E-state index in [1.165, 1.54) is 7.11 Å². The van der Waals surface area contributed by atoms with Crippen molar-refractivity contribution in [1.82, 2.24) is 15.2 Å². The molecule has 6 rings (SSSR count). The number of nitrogens with zero attached hydrogens (tertiary/aromatic N) is 2. The number of nitrogens with one attached hydrogen (secondary N) is 1. The molecule has 1 aliphatic heterocycles. The number of hydrogen-bond donors (Lipinski definition) is 1. The quantitative estimate of drug-likeness (QED) is 0.123.